The minimum atomic E-state index is -0.529. The van der Waals surface area contributed by atoms with Gasteiger partial charge in [-0.2, -0.15) is 0 Å². The maximum Gasteiger partial charge on any atom is 0.257 e. The fourth-order valence-corrected chi connectivity index (χ4v) is 3.69. The molecule has 0 bridgehead atoms. The highest BCUT2D eigenvalue weighted by atomic mass is 32.1. The summed E-state index contributed by atoms with van der Waals surface area (Å²) >= 11 is 1.18. The topological polar surface area (TPSA) is 93.2 Å². The normalized spacial score (nSPS) is 10.5. The summed E-state index contributed by atoms with van der Waals surface area (Å²) in [6, 6.07) is 17.1. The third-order valence-electron chi connectivity index (χ3n) is 4.52. The van der Waals surface area contributed by atoms with Crippen LogP contribution in [0.5, 0.6) is 5.88 Å². The number of amides is 2. The van der Waals surface area contributed by atoms with Crippen molar-refractivity contribution in [2.24, 2.45) is 0 Å². The fourth-order valence-electron chi connectivity index (χ4n) is 2.99. The molecule has 2 aromatic heterocycles. The molecule has 7 nitrogen and oxygen atoms in total. The third kappa shape index (κ3) is 5.78. The minimum absolute atomic E-state index is 0.265. The first-order chi connectivity index (χ1) is 16.0. The second kappa shape index (κ2) is 10.0. The lowest BCUT2D eigenvalue weighted by atomic mass is 10.1. The zero-order chi connectivity index (χ0) is 23.2. The van der Waals surface area contributed by atoms with Crippen molar-refractivity contribution >= 4 is 34.0 Å². The maximum atomic E-state index is 14.5. The van der Waals surface area contributed by atoms with E-state index in [1.54, 1.807) is 23.6 Å². The van der Waals surface area contributed by atoms with Gasteiger partial charge in [-0.1, -0.05) is 30.3 Å². The van der Waals surface area contributed by atoms with E-state index in [1.807, 2.05) is 30.3 Å². The smallest absolute Gasteiger partial charge is 0.257 e. The summed E-state index contributed by atoms with van der Waals surface area (Å²) in [6.45, 7) is 1.68. The predicted molar refractivity (Wildman–Crippen MR) is 125 cm³/mol. The number of pyridine rings is 1. The number of rotatable bonds is 7. The highest BCUT2D eigenvalue weighted by Crippen LogP contribution is 2.29. The Morgan fingerprint density at radius 1 is 1.06 bits per heavy atom. The number of anilines is 2. The van der Waals surface area contributed by atoms with Crippen molar-refractivity contribution < 1.29 is 18.7 Å². The average molecular weight is 463 g/mol. The van der Waals surface area contributed by atoms with Gasteiger partial charge in [0.25, 0.3) is 5.91 Å². The van der Waals surface area contributed by atoms with Crippen LogP contribution >= 0.6 is 11.3 Å². The van der Waals surface area contributed by atoms with E-state index in [0.29, 0.717) is 34.6 Å². The molecule has 2 aromatic carbocycles. The van der Waals surface area contributed by atoms with Crippen molar-refractivity contribution in [3.8, 4) is 17.1 Å². The fraction of sp³-hybridized carbons (Fsp3) is 0.0833. The van der Waals surface area contributed by atoms with Gasteiger partial charge in [-0.15, -0.1) is 11.3 Å². The minimum Gasteiger partial charge on any atom is -0.473 e. The monoisotopic (exact) mass is 462 g/mol. The van der Waals surface area contributed by atoms with E-state index < -0.39 is 5.82 Å². The van der Waals surface area contributed by atoms with E-state index >= 15 is 0 Å². The molecule has 0 atom stereocenters. The lowest BCUT2D eigenvalue weighted by Crippen LogP contribution is -2.12. The largest absolute Gasteiger partial charge is 0.473 e. The molecule has 0 fully saturated rings. The molecule has 0 saturated carbocycles. The average Bonchev–Trinajstić information content (AvgIpc) is 3.26. The number of carbonyl (C=O) groups is 2. The van der Waals surface area contributed by atoms with Gasteiger partial charge in [0.05, 0.1) is 5.69 Å². The predicted octanol–water partition coefficient (Wildman–Crippen LogP) is 5.13. The van der Waals surface area contributed by atoms with Crippen molar-refractivity contribution in [2.75, 3.05) is 10.6 Å². The Labute approximate surface area is 193 Å². The highest BCUT2D eigenvalue weighted by Gasteiger charge is 2.14. The SMILES string of the molecule is CC(=O)Nc1ccc(-c2csc(NC(=O)c3ccnc(OCc4ccccc4)c3)n2)c(F)c1. The second-order valence-corrected chi connectivity index (χ2v) is 7.88. The van der Waals surface area contributed by atoms with Gasteiger partial charge in [0.15, 0.2) is 5.13 Å². The molecular weight excluding hydrogens is 443 g/mol. The molecule has 0 aliphatic rings. The van der Waals surface area contributed by atoms with E-state index in [1.165, 1.54) is 36.6 Å². The molecule has 0 radical (unpaired) electrons. The Balaban J connectivity index is 1.42. The molecule has 9 heteroatoms. The molecule has 33 heavy (non-hydrogen) atoms. The summed E-state index contributed by atoms with van der Waals surface area (Å²) in [6.07, 6.45) is 1.49. The number of ether oxygens (including phenoxy) is 1. The molecule has 0 aliphatic carbocycles. The molecule has 0 spiro atoms. The van der Waals surface area contributed by atoms with Gasteiger partial charge in [-0.05, 0) is 29.8 Å². The number of hydrogen-bond acceptors (Lipinski definition) is 6. The number of carbonyl (C=O) groups excluding carboxylic acids is 2. The summed E-state index contributed by atoms with van der Waals surface area (Å²) < 4.78 is 20.1. The van der Waals surface area contributed by atoms with Crippen LogP contribution in [0.15, 0.2) is 72.2 Å². The first kappa shape index (κ1) is 22.1. The molecule has 0 unspecified atom stereocenters. The van der Waals surface area contributed by atoms with Crippen molar-refractivity contribution in [1.29, 1.82) is 0 Å². The maximum absolute atomic E-state index is 14.5. The number of nitrogens with one attached hydrogen (secondary N) is 2. The van der Waals surface area contributed by atoms with Crippen LogP contribution in [0, 0.1) is 5.82 Å². The molecule has 2 amide bonds. The molecule has 0 aliphatic heterocycles. The van der Waals surface area contributed by atoms with Crippen LogP contribution < -0.4 is 15.4 Å². The lowest BCUT2D eigenvalue weighted by molar-refractivity contribution is -0.114. The number of aromatic nitrogens is 2. The van der Waals surface area contributed by atoms with Gasteiger partial charge in [0, 0.05) is 41.4 Å². The lowest BCUT2D eigenvalue weighted by Gasteiger charge is -2.07. The molecule has 4 rings (SSSR count). The summed E-state index contributed by atoms with van der Waals surface area (Å²) in [5.41, 5.74) is 2.35. The molecule has 2 N–H and O–H groups in total. The van der Waals surface area contributed by atoms with Crippen molar-refractivity contribution in [1.82, 2.24) is 9.97 Å². The Bertz CT molecular complexity index is 1290. The van der Waals surface area contributed by atoms with Crippen molar-refractivity contribution in [2.45, 2.75) is 13.5 Å². The second-order valence-electron chi connectivity index (χ2n) is 7.02. The zero-order valence-electron chi connectivity index (χ0n) is 17.5. The summed E-state index contributed by atoms with van der Waals surface area (Å²) in [4.78, 5) is 32.2. The van der Waals surface area contributed by atoms with Gasteiger partial charge in [0.1, 0.15) is 12.4 Å². The van der Waals surface area contributed by atoms with Crippen LogP contribution in [0.25, 0.3) is 11.3 Å². The Kier molecular flexibility index (Phi) is 6.70. The molecule has 2 heterocycles. The molecular formula is C24H19FN4O3S. The van der Waals surface area contributed by atoms with Crippen LogP contribution in [0.4, 0.5) is 15.2 Å². The number of thiazole rings is 1. The Morgan fingerprint density at radius 3 is 2.64 bits per heavy atom. The molecule has 166 valence electrons. The third-order valence-corrected chi connectivity index (χ3v) is 5.27. The van der Waals surface area contributed by atoms with Gasteiger partial charge >= 0.3 is 0 Å². The number of benzene rings is 2. The van der Waals surface area contributed by atoms with E-state index in [9.17, 15) is 14.0 Å². The van der Waals surface area contributed by atoms with E-state index in [0.717, 1.165) is 5.56 Å². The first-order valence-corrected chi connectivity index (χ1v) is 10.8. The number of hydrogen-bond donors (Lipinski definition) is 2. The van der Waals surface area contributed by atoms with Gasteiger partial charge in [0.2, 0.25) is 11.8 Å². The van der Waals surface area contributed by atoms with E-state index in [4.69, 9.17) is 4.74 Å². The molecule has 0 saturated heterocycles. The van der Waals surface area contributed by atoms with Crippen LogP contribution in [0.3, 0.4) is 0 Å². The van der Waals surface area contributed by atoms with Crippen LogP contribution in [-0.2, 0) is 11.4 Å². The van der Waals surface area contributed by atoms with Crippen molar-refractivity contribution in [3.05, 3.63) is 89.2 Å². The standard InChI is InChI=1S/C24H19FN4O3S/c1-15(30)27-18-7-8-19(20(25)12-18)21-14-33-24(28-21)29-23(31)17-9-10-26-22(11-17)32-13-16-5-3-2-4-6-16/h2-12,14H,13H2,1H3,(H,27,30)(H,28,29,31). The number of nitrogens with zero attached hydrogens (tertiary/aromatic N) is 2. The van der Waals surface area contributed by atoms with E-state index in [2.05, 4.69) is 20.6 Å². The Morgan fingerprint density at radius 2 is 1.88 bits per heavy atom. The van der Waals surface area contributed by atoms with Crippen LogP contribution in [0.1, 0.15) is 22.8 Å². The summed E-state index contributed by atoms with van der Waals surface area (Å²) in [7, 11) is 0. The van der Waals surface area contributed by atoms with Gasteiger partial charge in [-0.25, -0.2) is 14.4 Å². The number of halogens is 1. The van der Waals surface area contributed by atoms with Gasteiger partial charge in [-0.3, -0.25) is 14.9 Å². The van der Waals surface area contributed by atoms with Gasteiger partial charge < -0.3 is 10.1 Å². The summed E-state index contributed by atoms with van der Waals surface area (Å²) in [5.74, 6) is -0.874. The first-order valence-electron chi connectivity index (χ1n) is 9.95. The van der Waals surface area contributed by atoms with Crippen molar-refractivity contribution in [3.63, 3.8) is 0 Å². The zero-order valence-corrected chi connectivity index (χ0v) is 18.4. The Hall–Kier alpha value is -4.11. The van der Waals surface area contributed by atoms with Crippen LogP contribution in [-0.4, -0.2) is 21.8 Å². The van der Waals surface area contributed by atoms with E-state index in [-0.39, 0.29) is 17.4 Å². The quantitative estimate of drug-likeness (QED) is 0.397. The van der Waals surface area contributed by atoms with Crippen LogP contribution in [0.2, 0.25) is 0 Å². The highest BCUT2D eigenvalue weighted by molar-refractivity contribution is 7.14. The molecule has 4 aromatic rings. The summed E-state index contributed by atoms with van der Waals surface area (Å²) in [5, 5.41) is 7.21.